The van der Waals surface area contributed by atoms with Gasteiger partial charge in [-0.05, 0) is 36.8 Å². The Hall–Kier alpha value is -2.58. The standard InChI is InChI=1S/C19H20F3N3O3/c20-19(21,22)14-3-4-16(17(11-14)25(27)28)23-5-7-24(8-6-23)18(26)15-10-12-1-2-13(15)9-12/h1-4,11-13,15H,5-10H2/t12-,13+,15-/m1/s1. The molecule has 28 heavy (non-hydrogen) atoms. The predicted molar refractivity (Wildman–Crippen MR) is 95.7 cm³/mol. The molecular weight excluding hydrogens is 375 g/mol. The van der Waals surface area contributed by atoms with Crippen molar-refractivity contribution in [2.24, 2.45) is 17.8 Å². The molecule has 1 amide bonds. The zero-order chi connectivity index (χ0) is 20.1. The minimum Gasteiger partial charge on any atom is -0.362 e. The maximum Gasteiger partial charge on any atom is 0.416 e. The molecule has 1 saturated heterocycles. The number of nitrogens with zero attached hydrogens (tertiary/aromatic N) is 3. The van der Waals surface area contributed by atoms with Crippen LogP contribution in [-0.4, -0.2) is 41.9 Å². The van der Waals surface area contributed by atoms with Gasteiger partial charge >= 0.3 is 6.18 Å². The van der Waals surface area contributed by atoms with Crippen LogP contribution in [0.1, 0.15) is 18.4 Å². The molecule has 1 aromatic rings. The predicted octanol–water partition coefficient (Wildman–Crippen LogP) is 3.47. The smallest absolute Gasteiger partial charge is 0.362 e. The van der Waals surface area contributed by atoms with Gasteiger partial charge in [-0.25, -0.2) is 0 Å². The molecule has 0 aromatic heterocycles. The molecule has 0 spiro atoms. The van der Waals surface area contributed by atoms with Crippen molar-refractivity contribution in [1.82, 2.24) is 4.90 Å². The molecule has 6 nitrogen and oxygen atoms in total. The van der Waals surface area contributed by atoms with Crippen LogP contribution >= 0.6 is 0 Å². The van der Waals surface area contributed by atoms with E-state index in [1.54, 1.807) is 9.80 Å². The van der Waals surface area contributed by atoms with E-state index in [1.807, 2.05) is 0 Å². The summed E-state index contributed by atoms with van der Waals surface area (Å²) in [5.74, 6) is 0.946. The van der Waals surface area contributed by atoms with Crippen LogP contribution in [0.25, 0.3) is 0 Å². The molecule has 0 N–H and O–H groups in total. The molecule has 2 fully saturated rings. The summed E-state index contributed by atoms with van der Waals surface area (Å²) in [7, 11) is 0. The van der Waals surface area contributed by atoms with E-state index in [4.69, 9.17) is 0 Å². The Labute approximate surface area is 159 Å². The highest BCUT2D eigenvalue weighted by molar-refractivity contribution is 5.80. The number of anilines is 1. The van der Waals surface area contributed by atoms with Crippen molar-refractivity contribution in [3.05, 3.63) is 46.0 Å². The first-order chi connectivity index (χ1) is 13.2. The Morgan fingerprint density at radius 3 is 2.36 bits per heavy atom. The Balaban J connectivity index is 1.45. The SMILES string of the molecule is O=C([C@@H]1C[C@@H]2C=C[C@H]1C2)N1CCN(c2ccc(C(F)(F)F)cc2[N+](=O)[O-])CC1. The van der Waals surface area contributed by atoms with E-state index in [1.165, 1.54) is 0 Å². The molecule has 1 aromatic carbocycles. The first-order valence-corrected chi connectivity index (χ1v) is 9.31. The molecule has 0 unspecified atom stereocenters. The second kappa shape index (κ2) is 6.79. The van der Waals surface area contributed by atoms with E-state index in [2.05, 4.69) is 12.2 Å². The number of nitro groups is 1. The van der Waals surface area contributed by atoms with E-state index in [0.29, 0.717) is 44.1 Å². The Kier molecular flexibility index (Phi) is 4.55. The van der Waals surface area contributed by atoms with Gasteiger partial charge in [-0.15, -0.1) is 0 Å². The second-order valence-corrected chi connectivity index (χ2v) is 7.66. The average Bonchev–Trinajstić information content (AvgIpc) is 3.30. The number of fused-ring (bicyclic) bond motifs is 2. The third-order valence-electron chi connectivity index (χ3n) is 6.03. The summed E-state index contributed by atoms with van der Waals surface area (Å²) >= 11 is 0. The van der Waals surface area contributed by atoms with Gasteiger partial charge in [0.1, 0.15) is 5.69 Å². The first kappa shape index (κ1) is 18.8. The van der Waals surface area contributed by atoms with Crippen LogP contribution in [-0.2, 0) is 11.0 Å². The molecule has 1 heterocycles. The van der Waals surface area contributed by atoms with Gasteiger partial charge in [-0.1, -0.05) is 12.2 Å². The van der Waals surface area contributed by atoms with Crippen molar-refractivity contribution in [3.8, 4) is 0 Å². The van der Waals surface area contributed by atoms with Crippen molar-refractivity contribution in [2.75, 3.05) is 31.1 Å². The molecule has 3 aliphatic rings. The Morgan fingerprint density at radius 2 is 1.82 bits per heavy atom. The highest BCUT2D eigenvalue weighted by Gasteiger charge is 2.42. The minimum atomic E-state index is -4.64. The number of carbonyl (C=O) groups is 1. The fourth-order valence-corrected chi connectivity index (χ4v) is 4.58. The number of amides is 1. The van der Waals surface area contributed by atoms with Gasteiger partial charge in [0.25, 0.3) is 5.69 Å². The topological polar surface area (TPSA) is 66.7 Å². The monoisotopic (exact) mass is 395 g/mol. The summed E-state index contributed by atoms with van der Waals surface area (Å²) in [5, 5.41) is 11.3. The number of alkyl halides is 3. The number of hydrogen-bond acceptors (Lipinski definition) is 4. The van der Waals surface area contributed by atoms with Crippen LogP contribution in [0.5, 0.6) is 0 Å². The van der Waals surface area contributed by atoms with Crippen molar-refractivity contribution in [2.45, 2.75) is 19.0 Å². The lowest BCUT2D eigenvalue weighted by Crippen LogP contribution is -2.51. The summed E-state index contributed by atoms with van der Waals surface area (Å²) in [6, 6.07) is 2.59. The molecular formula is C19H20F3N3O3. The Morgan fingerprint density at radius 1 is 1.11 bits per heavy atom. The lowest BCUT2D eigenvalue weighted by molar-refractivity contribution is -0.384. The number of nitro benzene ring substituents is 1. The molecule has 1 aliphatic heterocycles. The van der Waals surface area contributed by atoms with E-state index >= 15 is 0 Å². The zero-order valence-corrected chi connectivity index (χ0v) is 15.1. The van der Waals surface area contributed by atoms with Gasteiger partial charge in [0.05, 0.1) is 10.5 Å². The van der Waals surface area contributed by atoms with E-state index < -0.39 is 22.4 Å². The fraction of sp³-hybridized carbons (Fsp3) is 0.526. The van der Waals surface area contributed by atoms with Crippen LogP contribution in [0.4, 0.5) is 24.5 Å². The summed E-state index contributed by atoms with van der Waals surface area (Å²) in [4.78, 5) is 26.8. The fourth-order valence-electron chi connectivity index (χ4n) is 4.58. The quantitative estimate of drug-likeness (QED) is 0.447. The third kappa shape index (κ3) is 3.33. The molecule has 150 valence electrons. The molecule has 3 atom stereocenters. The summed E-state index contributed by atoms with van der Waals surface area (Å²) in [6.45, 7) is 1.53. The highest BCUT2D eigenvalue weighted by Crippen LogP contribution is 2.44. The number of carbonyl (C=O) groups excluding carboxylic acids is 1. The molecule has 2 bridgehead atoms. The van der Waals surface area contributed by atoms with Crippen LogP contribution in [0.15, 0.2) is 30.4 Å². The van der Waals surface area contributed by atoms with Gasteiger partial charge in [-0.2, -0.15) is 13.2 Å². The van der Waals surface area contributed by atoms with Crippen molar-refractivity contribution in [3.63, 3.8) is 0 Å². The van der Waals surface area contributed by atoms with Crippen LogP contribution in [0, 0.1) is 27.9 Å². The summed E-state index contributed by atoms with van der Waals surface area (Å²) in [5.41, 5.74) is -1.44. The maximum atomic E-state index is 12.9. The number of allylic oxidation sites excluding steroid dienone is 2. The van der Waals surface area contributed by atoms with Gasteiger partial charge in [0.15, 0.2) is 0 Å². The summed E-state index contributed by atoms with van der Waals surface area (Å²) in [6.07, 6.45) is 1.58. The lowest BCUT2D eigenvalue weighted by Gasteiger charge is -2.37. The van der Waals surface area contributed by atoms with Gasteiger partial charge in [0, 0.05) is 38.2 Å². The molecule has 9 heteroatoms. The zero-order valence-electron chi connectivity index (χ0n) is 15.1. The van der Waals surface area contributed by atoms with Gasteiger partial charge < -0.3 is 9.80 Å². The van der Waals surface area contributed by atoms with Crippen LogP contribution in [0.2, 0.25) is 0 Å². The normalized spacial score (nSPS) is 26.8. The van der Waals surface area contributed by atoms with Crippen molar-refractivity contribution >= 4 is 17.3 Å². The summed E-state index contributed by atoms with van der Waals surface area (Å²) < 4.78 is 38.6. The van der Waals surface area contributed by atoms with Crippen LogP contribution < -0.4 is 4.90 Å². The van der Waals surface area contributed by atoms with Crippen molar-refractivity contribution in [1.29, 1.82) is 0 Å². The molecule has 0 radical (unpaired) electrons. The van der Waals surface area contributed by atoms with E-state index in [9.17, 15) is 28.1 Å². The lowest BCUT2D eigenvalue weighted by atomic mass is 9.92. The molecule has 1 saturated carbocycles. The molecule has 4 rings (SSSR count). The van der Waals surface area contributed by atoms with Crippen molar-refractivity contribution < 1.29 is 22.9 Å². The first-order valence-electron chi connectivity index (χ1n) is 9.31. The van der Waals surface area contributed by atoms with Crippen LogP contribution in [0.3, 0.4) is 0 Å². The van der Waals surface area contributed by atoms with Gasteiger partial charge in [0.2, 0.25) is 5.91 Å². The highest BCUT2D eigenvalue weighted by atomic mass is 19.4. The molecule has 2 aliphatic carbocycles. The number of piperazine rings is 1. The second-order valence-electron chi connectivity index (χ2n) is 7.66. The van der Waals surface area contributed by atoms with E-state index in [0.717, 1.165) is 25.0 Å². The minimum absolute atomic E-state index is 0.0157. The van der Waals surface area contributed by atoms with E-state index in [-0.39, 0.29) is 17.5 Å². The van der Waals surface area contributed by atoms with Gasteiger partial charge in [-0.3, -0.25) is 14.9 Å². The number of hydrogen-bond donors (Lipinski definition) is 0. The third-order valence-corrected chi connectivity index (χ3v) is 6.03. The Bertz CT molecular complexity index is 831. The number of rotatable bonds is 3. The maximum absolute atomic E-state index is 12.9. The number of halogens is 3. The average molecular weight is 395 g/mol. The largest absolute Gasteiger partial charge is 0.416 e. The number of benzene rings is 1.